The molecule has 0 radical (unpaired) electrons. The number of sulfonamides is 1. The van der Waals surface area contributed by atoms with Crippen LogP contribution in [-0.4, -0.2) is 67.1 Å². The third kappa shape index (κ3) is 4.07. The summed E-state index contributed by atoms with van der Waals surface area (Å²) in [7, 11) is -3.16. The summed E-state index contributed by atoms with van der Waals surface area (Å²) >= 11 is 0. The number of fused-ring (bicyclic) bond motifs is 1. The third-order valence-electron chi connectivity index (χ3n) is 6.89. The number of benzene rings is 1. The van der Waals surface area contributed by atoms with Gasteiger partial charge in [-0.15, -0.1) is 0 Å². The predicted octanol–water partition coefficient (Wildman–Crippen LogP) is 3.09. The van der Waals surface area contributed by atoms with Crippen molar-refractivity contribution in [2.24, 2.45) is 5.41 Å². The molecule has 3 aliphatic rings. The van der Waals surface area contributed by atoms with Crippen molar-refractivity contribution in [2.45, 2.75) is 44.1 Å². The smallest absolute Gasteiger partial charge is 0.249 e. The fourth-order valence-corrected chi connectivity index (χ4v) is 6.23. The first-order valence-corrected chi connectivity index (χ1v) is 12.6. The number of anilines is 2. The molecular formula is C21H27F2N5O2S. The molecule has 0 unspecified atom stereocenters. The Morgan fingerprint density at radius 3 is 2.58 bits per heavy atom. The average Bonchev–Trinajstić information content (AvgIpc) is 3.10. The highest BCUT2D eigenvalue weighted by atomic mass is 32.2. The largest absolute Gasteiger partial charge is 0.369 e. The number of hydrogen-bond donors (Lipinski definition) is 1. The quantitative estimate of drug-likeness (QED) is 0.770. The number of hydrogen-bond acceptors (Lipinski definition) is 6. The second-order valence-corrected chi connectivity index (χ2v) is 11.4. The first-order valence-electron chi connectivity index (χ1n) is 10.7. The molecule has 1 aliphatic carbocycles. The summed E-state index contributed by atoms with van der Waals surface area (Å²) < 4.78 is 51.9. The highest BCUT2D eigenvalue weighted by Gasteiger charge is 2.58. The van der Waals surface area contributed by atoms with E-state index in [0.29, 0.717) is 38.4 Å². The summed E-state index contributed by atoms with van der Waals surface area (Å²) in [5.74, 6) is -2.00. The van der Waals surface area contributed by atoms with Gasteiger partial charge in [-0.25, -0.2) is 31.5 Å². The molecule has 10 heteroatoms. The lowest BCUT2D eigenvalue weighted by atomic mass is 9.65. The number of alkyl halides is 2. The van der Waals surface area contributed by atoms with Gasteiger partial charge in [-0.2, -0.15) is 0 Å². The van der Waals surface area contributed by atoms with Crippen molar-refractivity contribution in [1.29, 1.82) is 0 Å². The van der Waals surface area contributed by atoms with Crippen LogP contribution in [0.5, 0.6) is 0 Å². The zero-order chi connectivity index (χ0) is 21.9. The molecule has 0 atom stereocenters. The zero-order valence-electron chi connectivity index (χ0n) is 17.5. The molecular weight excluding hydrogens is 424 g/mol. The van der Waals surface area contributed by atoms with E-state index in [-0.39, 0.29) is 24.3 Å². The molecule has 1 aromatic heterocycles. The Morgan fingerprint density at radius 2 is 1.90 bits per heavy atom. The van der Waals surface area contributed by atoms with Gasteiger partial charge in [0.15, 0.2) is 0 Å². The van der Waals surface area contributed by atoms with E-state index >= 15 is 0 Å². The number of aromatic nitrogens is 2. The summed E-state index contributed by atoms with van der Waals surface area (Å²) in [6, 6.07) is 6.01. The molecule has 7 nitrogen and oxygen atoms in total. The number of piperidine rings is 1. The van der Waals surface area contributed by atoms with E-state index < -0.39 is 15.9 Å². The number of nitrogens with one attached hydrogen (secondary N) is 1. The van der Waals surface area contributed by atoms with E-state index in [4.69, 9.17) is 4.98 Å². The second kappa shape index (κ2) is 7.23. The molecule has 1 aromatic carbocycles. The van der Waals surface area contributed by atoms with Crippen molar-refractivity contribution in [2.75, 3.05) is 42.7 Å². The third-order valence-corrected chi connectivity index (χ3v) is 8.20. The van der Waals surface area contributed by atoms with Crippen LogP contribution >= 0.6 is 0 Å². The van der Waals surface area contributed by atoms with Crippen LogP contribution < -0.4 is 10.2 Å². The van der Waals surface area contributed by atoms with E-state index in [0.717, 1.165) is 29.6 Å². The van der Waals surface area contributed by atoms with E-state index in [1.165, 1.54) is 10.6 Å². The van der Waals surface area contributed by atoms with Crippen molar-refractivity contribution in [3.8, 4) is 0 Å². The molecule has 0 bridgehead atoms. The lowest BCUT2D eigenvalue weighted by molar-refractivity contribution is -0.152. The van der Waals surface area contributed by atoms with Crippen LogP contribution in [0.1, 0.15) is 32.1 Å². The van der Waals surface area contributed by atoms with Crippen molar-refractivity contribution in [3.05, 3.63) is 24.4 Å². The average molecular weight is 452 g/mol. The van der Waals surface area contributed by atoms with Gasteiger partial charge in [0, 0.05) is 62.1 Å². The van der Waals surface area contributed by atoms with Crippen LogP contribution in [0.3, 0.4) is 0 Å². The topological polar surface area (TPSA) is 78.4 Å². The van der Waals surface area contributed by atoms with Crippen molar-refractivity contribution in [3.63, 3.8) is 0 Å². The molecule has 168 valence electrons. The molecule has 1 saturated carbocycles. The summed E-state index contributed by atoms with van der Waals surface area (Å²) in [5.41, 5.74) is 1.51. The van der Waals surface area contributed by atoms with Crippen molar-refractivity contribution < 1.29 is 17.2 Å². The van der Waals surface area contributed by atoms with Gasteiger partial charge >= 0.3 is 0 Å². The van der Waals surface area contributed by atoms with Crippen LogP contribution in [0.25, 0.3) is 10.9 Å². The summed E-state index contributed by atoms with van der Waals surface area (Å²) in [6.07, 6.45) is 5.15. The van der Waals surface area contributed by atoms with Gasteiger partial charge in [-0.1, -0.05) is 12.1 Å². The normalized spacial score (nSPS) is 23.9. The molecule has 3 fully saturated rings. The van der Waals surface area contributed by atoms with Crippen LogP contribution in [0.4, 0.5) is 20.4 Å². The molecule has 0 amide bonds. The van der Waals surface area contributed by atoms with Crippen LogP contribution in [0, 0.1) is 5.41 Å². The highest BCUT2D eigenvalue weighted by Crippen LogP contribution is 2.57. The zero-order valence-corrected chi connectivity index (χ0v) is 18.3. The molecule has 5 rings (SSSR count). The molecule has 31 heavy (non-hydrogen) atoms. The van der Waals surface area contributed by atoms with Crippen LogP contribution in [-0.2, 0) is 10.0 Å². The fraction of sp³-hybridized carbons (Fsp3) is 0.619. The van der Waals surface area contributed by atoms with Crippen LogP contribution in [0.15, 0.2) is 24.4 Å². The Balaban J connectivity index is 1.32. The highest BCUT2D eigenvalue weighted by molar-refractivity contribution is 7.88. The number of nitrogens with zero attached hydrogens (tertiary/aromatic N) is 4. The van der Waals surface area contributed by atoms with Gasteiger partial charge in [-0.05, 0) is 25.3 Å². The first kappa shape index (κ1) is 20.8. The molecule has 2 saturated heterocycles. The molecule has 1 spiro atoms. The van der Waals surface area contributed by atoms with Gasteiger partial charge in [0.25, 0.3) is 0 Å². The Bertz CT molecular complexity index is 1090. The fourth-order valence-electron chi connectivity index (χ4n) is 5.35. The summed E-state index contributed by atoms with van der Waals surface area (Å²) in [4.78, 5) is 11.4. The minimum absolute atomic E-state index is 0.0186. The van der Waals surface area contributed by atoms with Crippen molar-refractivity contribution in [1.82, 2.24) is 14.3 Å². The maximum Gasteiger partial charge on any atom is 0.249 e. The maximum atomic E-state index is 13.5. The standard InChI is InChI=1S/C21H27F2N5O2S/c1-31(29,30)28-8-5-16(6-9-28)25-19-24-11-15-3-2-4-17(18(15)26-19)27-10-7-20(14-27)12-21(22,23)13-20/h2-4,11,16H,5-10,12-14H2,1H3,(H,24,25,26). The monoisotopic (exact) mass is 451 g/mol. The lowest BCUT2D eigenvalue weighted by Crippen LogP contribution is -2.47. The minimum atomic E-state index is -3.16. The van der Waals surface area contributed by atoms with Gasteiger partial charge in [0.2, 0.25) is 21.9 Å². The summed E-state index contributed by atoms with van der Waals surface area (Å²) in [5, 5.41) is 4.26. The van der Waals surface area contributed by atoms with E-state index in [2.05, 4.69) is 15.2 Å². The number of rotatable bonds is 4. The Kier molecular flexibility index (Phi) is 4.85. The Morgan fingerprint density at radius 1 is 1.16 bits per heavy atom. The molecule has 2 aliphatic heterocycles. The predicted molar refractivity (Wildman–Crippen MR) is 116 cm³/mol. The van der Waals surface area contributed by atoms with E-state index in [9.17, 15) is 17.2 Å². The summed E-state index contributed by atoms with van der Waals surface area (Å²) in [6.45, 7) is 2.36. The van der Waals surface area contributed by atoms with Gasteiger partial charge in [-0.3, -0.25) is 0 Å². The Hall–Kier alpha value is -2.07. The molecule has 1 N–H and O–H groups in total. The number of halogens is 2. The SMILES string of the molecule is CS(=O)(=O)N1CCC(Nc2ncc3cccc(N4CCC5(C4)CC(F)(F)C5)c3n2)CC1. The first-order chi connectivity index (χ1) is 14.6. The minimum Gasteiger partial charge on any atom is -0.369 e. The van der Waals surface area contributed by atoms with Gasteiger partial charge in [0.05, 0.1) is 17.5 Å². The van der Waals surface area contributed by atoms with Crippen molar-refractivity contribution >= 4 is 32.6 Å². The molecule has 3 heterocycles. The molecule has 2 aromatic rings. The number of para-hydroxylation sites is 1. The maximum absolute atomic E-state index is 13.5. The van der Waals surface area contributed by atoms with Gasteiger partial charge < -0.3 is 10.2 Å². The van der Waals surface area contributed by atoms with E-state index in [1.807, 2.05) is 18.2 Å². The lowest BCUT2D eigenvalue weighted by Gasteiger charge is -2.44. The Labute approximate surface area is 180 Å². The van der Waals surface area contributed by atoms with Crippen LogP contribution in [0.2, 0.25) is 0 Å². The van der Waals surface area contributed by atoms with Gasteiger partial charge in [0.1, 0.15) is 0 Å². The second-order valence-electron chi connectivity index (χ2n) is 9.37. The van der Waals surface area contributed by atoms with E-state index in [1.54, 1.807) is 6.20 Å².